The van der Waals surface area contributed by atoms with Gasteiger partial charge in [-0.3, -0.25) is 14.3 Å². The number of thiophene rings is 1. The maximum atomic E-state index is 13.1. The topological polar surface area (TPSA) is 64.4 Å². The Kier molecular flexibility index (Phi) is 6.11. The number of nitrogens with zero attached hydrogens (tertiary/aromatic N) is 3. The lowest BCUT2D eigenvalue weighted by Crippen LogP contribution is -2.40. The smallest absolute Gasteiger partial charge is 0.309 e. The molecule has 0 atom stereocenters. The van der Waals surface area contributed by atoms with E-state index < -0.39 is 0 Å². The van der Waals surface area contributed by atoms with E-state index in [0.29, 0.717) is 49.0 Å². The molecule has 8 heteroatoms. The van der Waals surface area contributed by atoms with E-state index in [1.807, 2.05) is 53.8 Å². The molecule has 6 nitrogen and oxygen atoms in total. The number of hydrogen-bond donors (Lipinski definition) is 0. The molecule has 0 unspecified atom stereocenters. The highest BCUT2D eigenvalue weighted by atomic mass is 35.5. The number of benzene rings is 1. The molecule has 158 valence electrons. The quantitative estimate of drug-likeness (QED) is 0.541. The van der Waals surface area contributed by atoms with E-state index in [4.69, 9.17) is 16.3 Å². The van der Waals surface area contributed by atoms with Gasteiger partial charge in [-0.1, -0.05) is 29.8 Å². The van der Waals surface area contributed by atoms with Gasteiger partial charge in [0.25, 0.3) is 5.91 Å². The Morgan fingerprint density at radius 1 is 1.27 bits per heavy atom. The second-order valence-corrected chi connectivity index (χ2v) is 8.92. The van der Waals surface area contributed by atoms with Gasteiger partial charge < -0.3 is 9.64 Å². The van der Waals surface area contributed by atoms with Crippen LogP contribution in [-0.2, 0) is 16.1 Å². The van der Waals surface area contributed by atoms with Crippen molar-refractivity contribution in [3.8, 4) is 0 Å². The molecule has 30 heavy (non-hydrogen) atoms. The number of fused-ring (bicyclic) bond motifs is 1. The number of carbonyl (C=O) groups is 2. The Labute approximate surface area is 184 Å². The number of esters is 1. The molecule has 3 aromatic rings. The lowest BCUT2D eigenvalue weighted by atomic mass is 9.97. The van der Waals surface area contributed by atoms with Gasteiger partial charge in [-0.25, -0.2) is 0 Å². The second-order valence-electron chi connectivity index (χ2n) is 7.48. The van der Waals surface area contributed by atoms with Crippen LogP contribution in [0.25, 0.3) is 10.2 Å². The third kappa shape index (κ3) is 4.09. The van der Waals surface area contributed by atoms with Crippen molar-refractivity contribution in [1.29, 1.82) is 0 Å². The zero-order chi connectivity index (χ0) is 21.3. The minimum Gasteiger partial charge on any atom is -0.466 e. The van der Waals surface area contributed by atoms with Crippen LogP contribution in [0.2, 0.25) is 5.02 Å². The van der Waals surface area contributed by atoms with Crippen molar-refractivity contribution >= 4 is 45.0 Å². The highest BCUT2D eigenvalue weighted by Crippen LogP contribution is 2.31. The van der Waals surface area contributed by atoms with Crippen LogP contribution in [0, 0.1) is 12.8 Å². The Bertz CT molecular complexity index is 1080. The normalized spacial score (nSPS) is 15.0. The molecule has 2 aromatic heterocycles. The summed E-state index contributed by atoms with van der Waals surface area (Å²) in [6.45, 7) is 5.86. The third-order valence-corrected chi connectivity index (χ3v) is 7.00. The van der Waals surface area contributed by atoms with E-state index in [9.17, 15) is 9.59 Å². The van der Waals surface area contributed by atoms with Gasteiger partial charge in [-0.15, -0.1) is 11.3 Å². The molecule has 1 aliphatic heterocycles. The second kappa shape index (κ2) is 8.78. The number of piperidine rings is 1. The van der Waals surface area contributed by atoms with Gasteiger partial charge >= 0.3 is 5.97 Å². The molecule has 0 aliphatic carbocycles. The van der Waals surface area contributed by atoms with Gasteiger partial charge in [0.1, 0.15) is 4.83 Å². The van der Waals surface area contributed by atoms with E-state index >= 15 is 0 Å². The largest absolute Gasteiger partial charge is 0.466 e. The van der Waals surface area contributed by atoms with Crippen LogP contribution in [0.3, 0.4) is 0 Å². The predicted molar refractivity (Wildman–Crippen MR) is 118 cm³/mol. The lowest BCUT2D eigenvalue weighted by molar-refractivity contribution is -0.149. The fraction of sp³-hybridized carbons (Fsp3) is 0.409. The van der Waals surface area contributed by atoms with E-state index in [-0.39, 0.29) is 17.8 Å². The molecule has 4 rings (SSSR count). The van der Waals surface area contributed by atoms with Crippen LogP contribution in [-0.4, -0.2) is 46.3 Å². The third-order valence-electron chi connectivity index (χ3n) is 5.50. The van der Waals surface area contributed by atoms with Crippen molar-refractivity contribution in [2.24, 2.45) is 5.92 Å². The number of ether oxygens (including phenoxy) is 1. The summed E-state index contributed by atoms with van der Waals surface area (Å²) in [7, 11) is 0. The number of hydrogen-bond acceptors (Lipinski definition) is 5. The van der Waals surface area contributed by atoms with Gasteiger partial charge in [-0.05, 0) is 44.4 Å². The Hall–Kier alpha value is -2.38. The summed E-state index contributed by atoms with van der Waals surface area (Å²) < 4.78 is 7.03. The van der Waals surface area contributed by atoms with Gasteiger partial charge in [0.05, 0.1) is 29.6 Å². The van der Waals surface area contributed by atoms with Gasteiger partial charge in [0, 0.05) is 23.5 Å². The van der Waals surface area contributed by atoms with Crippen LogP contribution in [0.4, 0.5) is 0 Å². The highest BCUT2D eigenvalue weighted by Gasteiger charge is 2.29. The molecule has 0 N–H and O–H groups in total. The molecule has 3 heterocycles. The van der Waals surface area contributed by atoms with Crippen LogP contribution in [0.1, 0.15) is 40.7 Å². The lowest BCUT2D eigenvalue weighted by Gasteiger charge is -2.30. The average Bonchev–Trinajstić information content (AvgIpc) is 3.31. The van der Waals surface area contributed by atoms with Crippen molar-refractivity contribution < 1.29 is 14.3 Å². The maximum Gasteiger partial charge on any atom is 0.309 e. The van der Waals surface area contributed by atoms with Gasteiger partial charge in [-0.2, -0.15) is 5.10 Å². The fourth-order valence-electron chi connectivity index (χ4n) is 3.85. The standard InChI is InChI=1S/C22H24ClN3O3S/c1-3-29-22(28)15-8-10-25(11-9-15)20(27)19-12-17-14(2)24-26(21(17)30-19)13-16-6-4-5-7-18(16)23/h4-7,12,15H,3,8-11,13H2,1-2H3. The zero-order valence-electron chi connectivity index (χ0n) is 17.1. The van der Waals surface area contributed by atoms with Crippen LogP contribution in [0.15, 0.2) is 30.3 Å². The Morgan fingerprint density at radius 2 is 2.00 bits per heavy atom. The summed E-state index contributed by atoms with van der Waals surface area (Å²) >= 11 is 7.77. The van der Waals surface area contributed by atoms with Crippen molar-refractivity contribution in [2.75, 3.05) is 19.7 Å². The first-order valence-corrected chi connectivity index (χ1v) is 11.3. The van der Waals surface area contributed by atoms with E-state index in [1.165, 1.54) is 11.3 Å². The van der Waals surface area contributed by atoms with Crippen molar-refractivity contribution in [1.82, 2.24) is 14.7 Å². The van der Waals surface area contributed by atoms with E-state index in [0.717, 1.165) is 21.5 Å². The molecule has 0 spiro atoms. The van der Waals surface area contributed by atoms with Crippen LogP contribution < -0.4 is 0 Å². The zero-order valence-corrected chi connectivity index (χ0v) is 18.6. The summed E-state index contributed by atoms with van der Waals surface area (Å²) in [6.07, 6.45) is 1.30. The number of amides is 1. The van der Waals surface area contributed by atoms with Gasteiger partial charge in [0.15, 0.2) is 0 Å². The summed E-state index contributed by atoms with van der Waals surface area (Å²) in [5.74, 6) is -0.244. The first kappa shape index (κ1) is 20.9. The van der Waals surface area contributed by atoms with Crippen molar-refractivity contribution in [2.45, 2.75) is 33.2 Å². The SMILES string of the molecule is CCOC(=O)C1CCN(C(=O)c2cc3c(C)nn(Cc4ccccc4Cl)c3s2)CC1. The minimum atomic E-state index is -0.151. The van der Waals surface area contributed by atoms with Crippen LogP contribution >= 0.6 is 22.9 Å². The average molecular weight is 446 g/mol. The number of likely N-dealkylation sites (tertiary alicyclic amines) is 1. The maximum absolute atomic E-state index is 13.1. The van der Waals surface area contributed by atoms with Crippen molar-refractivity contribution in [3.05, 3.63) is 51.5 Å². The van der Waals surface area contributed by atoms with Gasteiger partial charge in [0.2, 0.25) is 0 Å². The van der Waals surface area contributed by atoms with E-state index in [2.05, 4.69) is 5.10 Å². The number of carbonyl (C=O) groups excluding carboxylic acids is 2. The molecular weight excluding hydrogens is 422 g/mol. The fourth-order valence-corrected chi connectivity index (χ4v) is 5.17. The predicted octanol–water partition coefficient (Wildman–Crippen LogP) is 4.52. The highest BCUT2D eigenvalue weighted by molar-refractivity contribution is 7.20. The number of aryl methyl sites for hydroxylation is 1. The Morgan fingerprint density at radius 3 is 2.70 bits per heavy atom. The molecular formula is C22H24ClN3O3S. The summed E-state index contributed by atoms with van der Waals surface area (Å²) in [5.41, 5.74) is 1.89. The minimum absolute atomic E-state index is 0.0159. The summed E-state index contributed by atoms with van der Waals surface area (Å²) in [5, 5.41) is 6.34. The molecule has 1 fully saturated rings. The van der Waals surface area contributed by atoms with Crippen molar-refractivity contribution in [3.63, 3.8) is 0 Å². The Balaban J connectivity index is 1.51. The molecule has 1 aliphatic rings. The summed E-state index contributed by atoms with van der Waals surface area (Å²) in [4.78, 5) is 28.5. The molecule has 1 saturated heterocycles. The molecule has 0 saturated carbocycles. The number of aromatic nitrogens is 2. The van der Waals surface area contributed by atoms with E-state index in [1.54, 1.807) is 0 Å². The van der Waals surface area contributed by atoms with Crippen LogP contribution in [0.5, 0.6) is 0 Å². The monoisotopic (exact) mass is 445 g/mol. The molecule has 1 aromatic carbocycles. The molecule has 0 radical (unpaired) electrons. The number of rotatable bonds is 5. The first-order chi connectivity index (χ1) is 14.5. The molecule has 1 amide bonds. The molecule has 0 bridgehead atoms. The first-order valence-electron chi connectivity index (χ1n) is 10.1. The number of halogens is 1. The summed E-state index contributed by atoms with van der Waals surface area (Å²) in [6, 6.07) is 9.65.